The first kappa shape index (κ1) is 24.6. The molecular weight excluding hydrogens is 472 g/mol. The van der Waals surface area contributed by atoms with Crippen LogP contribution in [-0.2, 0) is 28.1 Å². The molecule has 0 spiro atoms. The van der Waals surface area contributed by atoms with Crippen LogP contribution in [0, 0.1) is 0 Å². The SMILES string of the molecule is CCCc1nn(C)c2c(=O)[nH]c(-c3cc(S(=O)(=O)C4C(=O)NCCN=C4C)ccc3OCC)nc12. The fourth-order valence-corrected chi connectivity index (χ4v) is 5.91. The van der Waals surface area contributed by atoms with Crippen LogP contribution in [0.15, 0.2) is 32.9 Å². The molecule has 0 saturated carbocycles. The largest absolute Gasteiger partial charge is 0.493 e. The molecular formula is C23H28N6O5S. The molecule has 0 saturated heterocycles. The predicted octanol–water partition coefficient (Wildman–Crippen LogP) is 1.41. The van der Waals surface area contributed by atoms with Crippen LogP contribution in [0.1, 0.15) is 32.9 Å². The normalized spacial score (nSPS) is 16.6. The van der Waals surface area contributed by atoms with Crippen molar-refractivity contribution in [1.82, 2.24) is 25.1 Å². The lowest BCUT2D eigenvalue weighted by atomic mass is 10.1. The van der Waals surface area contributed by atoms with Crippen molar-refractivity contribution in [1.29, 1.82) is 0 Å². The zero-order valence-electron chi connectivity index (χ0n) is 20.1. The van der Waals surface area contributed by atoms with Gasteiger partial charge in [-0.25, -0.2) is 13.4 Å². The Kier molecular flexibility index (Phi) is 6.75. The van der Waals surface area contributed by atoms with Crippen LogP contribution in [-0.4, -0.2) is 64.7 Å². The molecule has 4 rings (SSSR count). The standard InChI is InChI=1S/C23H28N6O5S/c1-5-7-16-18-19(29(4)28-16)22(30)27-21(26-18)15-12-14(8-9-17(15)34-6-2)35(32,33)20-13(3)24-10-11-25-23(20)31/h8-9,12,20H,5-7,10-11H2,1-4H3,(H,25,31)(H,26,27,30). The van der Waals surface area contributed by atoms with E-state index in [1.165, 1.54) is 29.8 Å². The molecule has 0 fully saturated rings. The number of ether oxygens (including phenoxy) is 1. The summed E-state index contributed by atoms with van der Waals surface area (Å²) in [5.74, 6) is -0.110. The molecule has 12 heteroatoms. The van der Waals surface area contributed by atoms with Crippen LogP contribution in [0.3, 0.4) is 0 Å². The van der Waals surface area contributed by atoms with Crippen LogP contribution < -0.4 is 15.6 Å². The van der Waals surface area contributed by atoms with Crippen LogP contribution in [0.25, 0.3) is 22.4 Å². The number of hydrogen-bond acceptors (Lipinski definition) is 8. The van der Waals surface area contributed by atoms with E-state index in [1.807, 2.05) is 6.92 Å². The molecule has 1 amide bonds. The Morgan fingerprint density at radius 2 is 2.00 bits per heavy atom. The third-order valence-electron chi connectivity index (χ3n) is 5.78. The highest BCUT2D eigenvalue weighted by molar-refractivity contribution is 7.93. The molecule has 0 bridgehead atoms. The van der Waals surface area contributed by atoms with Gasteiger partial charge < -0.3 is 15.0 Å². The Labute approximate surface area is 202 Å². The van der Waals surface area contributed by atoms with Gasteiger partial charge in [-0.1, -0.05) is 13.3 Å². The number of sulfone groups is 1. The Hall–Kier alpha value is -3.54. The predicted molar refractivity (Wildman–Crippen MR) is 132 cm³/mol. The van der Waals surface area contributed by atoms with E-state index in [0.717, 1.165) is 6.42 Å². The average molecular weight is 501 g/mol. The quantitative estimate of drug-likeness (QED) is 0.498. The van der Waals surface area contributed by atoms with E-state index in [0.29, 0.717) is 47.6 Å². The van der Waals surface area contributed by atoms with E-state index in [9.17, 15) is 18.0 Å². The number of aliphatic imine (C=N–C) groups is 1. The highest BCUT2D eigenvalue weighted by Crippen LogP contribution is 2.32. The van der Waals surface area contributed by atoms with Gasteiger partial charge in [-0.2, -0.15) is 5.10 Å². The number of carbonyl (C=O) groups excluding carboxylic acids is 1. The molecule has 1 aliphatic heterocycles. The van der Waals surface area contributed by atoms with E-state index < -0.39 is 26.6 Å². The number of rotatable bonds is 7. The number of amides is 1. The van der Waals surface area contributed by atoms with Gasteiger partial charge in [0.25, 0.3) is 5.56 Å². The van der Waals surface area contributed by atoms with Gasteiger partial charge in [-0.05, 0) is 38.5 Å². The monoisotopic (exact) mass is 500 g/mol. The number of benzene rings is 1. The summed E-state index contributed by atoms with van der Waals surface area (Å²) in [6.07, 6.45) is 1.45. The molecule has 0 radical (unpaired) electrons. The second-order valence-electron chi connectivity index (χ2n) is 8.26. The number of hydrogen-bond donors (Lipinski definition) is 2. The highest BCUT2D eigenvalue weighted by atomic mass is 32.2. The highest BCUT2D eigenvalue weighted by Gasteiger charge is 2.38. The summed E-state index contributed by atoms with van der Waals surface area (Å²) in [4.78, 5) is 37.0. The fourth-order valence-electron chi connectivity index (χ4n) is 4.21. The Morgan fingerprint density at radius 1 is 1.23 bits per heavy atom. The molecule has 3 heterocycles. The minimum atomic E-state index is -4.15. The van der Waals surface area contributed by atoms with E-state index in [4.69, 9.17) is 4.74 Å². The summed E-state index contributed by atoms with van der Waals surface area (Å²) >= 11 is 0. The number of aromatic amines is 1. The van der Waals surface area contributed by atoms with Gasteiger partial charge in [-0.3, -0.25) is 19.3 Å². The molecule has 186 valence electrons. The average Bonchev–Trinajstić information content (AvgIpc) is 3.01. The first-order valence-corrected chi connectivity index (χ1v) is 13.0. The first-order valence-electron chi connectivity index (χ1n) is 11.4. The van der Waals surface area contributed by atoms with Crippen LogP contribution >= 0.6 is 0 Å². The van der Waals surface area contributed by atoms with Crippen molar-refractivity contribution in [2.45, 2.75) is 43.8 Å². The van der Waals surface area contributed by atoms with Crippen LogP contribution in [0.2, 0.25) is 0 Å². The lowest BCUT2D eigenvalue weighted by Crippen LogP contribution is -2.43. The summed E-state index contributed by atoms with van der Waals surface area (Å²) < 4.78 is 34.3. The number of aryl methyl sites for hydroxylation is 2. The number of aromatic nitrogens is 4. The van der Waals surface area contributed by atoms with Crippen molar-refractivity contribution in [2.75, 3.05) is 19.7 Å². The second-order valence-corrected chi connectivity index (χ2v) is 10.3. The minimum Gasteiger partial charge on any atom is -0.493 e. The second kappa shape index (κ2) is 9.61. The van der Waals surface area contributed by atoms with Gasteiger partial charge in [0.15, 0.2) is 20.6 Å². The third kappa shape index (κ3) is 4.45. The molecule has 11 nitrogen and oxygen atoms in total. The van der Waals surface area contributed by atoms with Crippen molar-refractivity contribution >= 4 is 32.5 Å². The van der Waals surface area contributed by atoms with Gasteiger partial charge in [0.1, 0.15) is 17.1 Å². The van der Waals surface area contributed by atoms with E-state index in [1.54, 1.807) is 14.0 Å². The Morgan fingerprint density at radius 3 is 2.71 bits per heavy atom. The van der Waals surface area contributed by atoms with Crippen molar-refractivity contribution in [3.05, 3.63) is 34.2 Å². The van der Waals surface area contributed by atoms with E-state index >= 15 is 0 Å². The molecule has 35 heavy (non-hydrogen) atoms. The maximum absolute atomic E-state index is 13.5. The molecule has 1 aliphatic rings. The Bertz CT molecular complexity index is 1490. The molecule has 2 aromatic heterocycles. The lowest BCUT2D eigenvalue weighted by molar-refractivity contribution is -0.119. The van der Waals surface area contributed by atoms with Gasteiger partial charge in [0.2, 0.25) is 5.91 Å². The van der Waals surface area contributed by atoms with Gasteiger partial charge in [-0.15, -0.1) is 0 Å². The molecule has 2 N–H and O–H groups in total. The van der Waals surface area contributed by atoms with E-state index in [2.05, 4.69) is 25.4 Å². The summed E-state index contributed by atoms with van der Waals surface area (Å²) in [5.41, 5.74) is 1.59. The topological polar surface area (TPSA) is 148 Å². The number of nitrogens with one attached hydrogen (secondary N) is 2. The number of H-pyrrole nitrogens is 1. The molecule has 1 unspecified atom stereocenters. The van der Waals surface area contributed by atoms with Crippen LogP contribution in [0.5, 0.6) is 5.75 Å². The zero-order valence-corrected chi connectivity index (χ0v) is 20.9. The molecule has 1 aromatic carbocycles. The number of nitrogens with zero attached hydrogens (tertiary/aromatic N) is 4. The summed E-state index contributed by atoms with van der Waals surface area (Å²) in [7, 11) is -2.47. The maximum atomic E-state index is 13.5. The zero-order chi connectivity index (χ0) is 25.3. The summed E-state index contributed by atoms with van der Waals surface area (Å²) in [6, 6.07) is 4.28. The lowest BCUT2D eigenvalue weighted by Gasteiger charge is -2.17. The van der Waals surface area contributed by atoms with Crippen molar-refractivity contribution < 1.29 is 17.9 Å². The van der Waals surface area contributed by atoms with Crippen LogP contribution in [0.4, 0.5) is 0 Å². The maximum Gasteiger partial charge on any atom is 0.277 e. The fraction of sp³-hybridized carbons (Fsp3) is 0.435. The van der Waals surface area contributed by atoms with Crippen molar-refractivity contribution in [2.24, 2.45) is 12.0 Å². The number of carbonyl (C=O) groups is 1. The first-order chi connectivity index (χ1) is 16.7. The smallest absolute Gasteiger partial charge is 0.277 e. The van der Waals surface area contributed by atoms with Gasteiger partial charge in [0, 0.05) is 19.3 Å². The minimum absolute atomic E-state index is 0.102. The molecule has 3 aromatic rings. The Balaban J connectivity index is 1.92. The third-order valence-corrected chi connectivity index (χ3v) is 7.87. The number of fused-ring (bicyclic) bond motifs is 1. The van der Waals surface area contributed by atoms with Gasteiger partial charge >= 0.3 is 0 Å². The summed E-state index contributed by atoms with van der Waals surface area (Å²) in [5, 5.41) is 5.58. The molecule has 1 atom stereocenters. The summed E-state index contributed by atoms with van der Waals surface area (Å²) in [6.45, 7) is 6.24. The van der Waals surface area contributed by atoms with Crippen molar-refractivity contribution in [3.8, 4) is 17.1 Å². The molecule has 0 aliphatic carbocycles. The van der Waals surface area contributed by atoms with Gasteiger partial charge in [0.05, 0.1) is 29.3 Å². The van der Waals surface area contributed by atoms with Crippen molar-refractivity contribution in [3.63, 3.8) is 0 Å². The van der Waals surface area contributed by atoms with E-state index in [-0.39, 0.29) is 23.0 Å².